The molecule has 1 saturated heterocycles. The third kappa shape index (κ3) is 2.52. The minimum atomic E-state index is -0.144. The number of nitrogens with zero attached hydrogens (tertiary/aromatic N) is 1. The number of hydrogen-bond acceptors (Lipinski definition) is 4. The van der Waals surface area contributed by atoms with Crippen molar-refractivity contribution in [3.63, 3.8) is 0 Å². The molecule has 6 heteroatoms. The normalized spacial score (nSPS) is 30.3. The number of anilines is 1. The van der Waals surface area contributed by atoms with E-state index in [2.05, 4.69) is 10.3 Å². The van der Waals surface area contributed by atoms with Crippen LogP contribution in [0.1, 0.15) is 32.1 Å². The Hall–Kier alpha value is -1.43. The smallest absolute Gasteiger partial charge is 0.232 e. The molecule has 26 heavy (non-hydrogen) atoms. The summed E-state index contributed by atoms with van der Waals surface area (Å²) >= 11 is 7.70. The first kappa shape index (κ1) is 16.7. The first-order valence-corrected chi connectivity index (χ1v) is 10.5. The SMILES string of the molecule is O=C(Nc1nc(-c2ccccc2Cl)cs1)C12CC(C3CCOCC3)(C1)C2. The Morgan fingerprint density at radius 1 is 1.23 bits per heavy atom. The van der Waals surface area contributed by atoms with Crippen LogP contribution in [0.25, 0.3) is 11.3 Å². The van der Waals surface area contributed by atoms with E-state index in [0.717, 1.165) is 62.5 Å². The minimum absolute atomic E-state index is 0.144. The zero-order valence-corrected chi connectivity index (χ0v) is 16.0. The van der Waals surface area contributed by atoms with Gasteiger partial charge in [0.2, 0.25) is 5.91 Å². The zero-order chi connectivity index (χ0) is 17.8. The molecular formula is C20H21ClN2O2S. The molecule has 4 fully saturated rings. The third-order valence-corrected chi connectivity index (χ3v) is 7.60. The number of rotatable bonds is 4. The number of aromatic nitrogens is 1. The van der Waals surface area contributed by atoms with Gasteiger partial charge in [0, 0.05) is 29.2 Å². The average molecular weight is 389 g/mol. The van der Waals surface area contributed by atoms with Gasteiger partial charge >= 0.3 is 0 Å². The second-order valence-electron chi connectivity index (χ2n) is 8.03. The fraction of sp³-hybridized carbons (Fsp3) is 0.500. The van der Waals surface area contributed by atoms with E-state index in [-0.39, 0.29) is 11.3 Å². The maximum Gasteiger partial charge on any atom is 0.232 e. The summed E-state index contributed by atoms with van der Waals surface area (Å²) in [7, 11) is 0. The van der Waals surface area contributed by atoms with Crippen molar-refractivity contribution in [3.05, 3.63) is 34.7 Å². The topological polar surface area (TPSA) is 51.2 Å². The van der Waals surface area contributed by atoms with E-state index < -0.39 is 0 Å². The number of thiazole rings is 1. The molecule has 6 rings (SSSR count). The summed E-state index contributed by atoms with van der Waals surface area (Å²) in [5.74, 6) is 0.893. The van der Waals surface area contributed by atoms with Crippen LogP contribution in [0.5, 0.6) is 0 Å². The highest BCUT2D eigenvalue weighted by atomic mass is 35.5. The van der Waals surface area contributed by atoms with Crippen molar-refractivity contribution >= 4 is 34.0 Å². The highest BCUT2D eigenvalue weighted by Gasteiger charge is 2.73. The minimum Gasteiger partial charge on any atom is -0.381 e. The number of carbonyl (C=O) groups excluding carboxylic acids is 1. The lowest BCUT2D eigenvalue weighted by Crippen LogP contribution is -2.69. The van der Waals surface area contributed by atoms with E-state index in [4.69, 9.17) is 16.3 Å². The Morgan fingerprint density at radius 3 is 2.69 bits per heavy atom. The van der Waals surface area contributed by atoms with E-state index in [0.29, 0.717) is 15.6 Å². The Kier molecular flexibility index (Phi) is 3.89. The molecule has 1 aromatic carbocycles. The molecule has 0 unspecified atom stereocenters. The van der Waals surface area contributed by atoms with Crippen molar-refractivity contribution < 1.29 is 9.53 Å². The summed E-state index contributed by atoms with van der Waals surface area (Å²) in [5, 5.41) is 6.34. The van der Waals surface area contributed by atoms with Crippen molar-refractivity contribution in [2.24, 2.45) is 16.7 Å². The predicted molar refractivity (Wildman–Crippen MR) is 103 cm³/mol. The Labute approximate surface area is 161 Å². The van der Waals surface area contributed by atoms with Gasteiger partial charge in [0.05, 0.1) is 11.1 Å². The molecule has 1 aliphatic heterocycles. The summed E-state index contributed by atoms with van der Waals surface area (Å²) in [4.78, 5) is 17.4. The van der Waals surface area contributed by atoms with Crippen LogP contribution in [0.15, 0.2) is 29.6 Å². The van der Waals surface area contributed by atoms with E-state index in [1.807, 2.05) is 29.6 Å². The van der Waals surface area contributed by atoms with Crippen molar-refractivity contribution in [2.45, 2.75) is 32.1 Å². The molecule has 2 aromatic rings. The third-order valence-electron chi connectivity index (χ3n) is 6.51. The van der Waals surface area contributed by atoms with Crippen LogP contribution >= 0.6 is 22.9 Å². The molecular weight excluding hydrogens is 368 g/mol. The van der Waals surface area contributed by atoms with Gasteiger partial charge < -0.3 is 10.1 Å². The zero-order valence-electron chi connectivity index (χ0n) is 14.5. The molecule has 3 aliphatic carbocycles. The maximum atomic E-state index is 12.8. The van der Waals surface area contributed by atoms with Gasteiger partial charge in [-0.3, -0.25) is 4.79 Å². The fourth-order valence-electron chi connectivity index (χ4n) is 5.20. The van der Waals surface area contributed by atoms with Gasteiger partial charge in [0.15, 0.2) is 5.13 Å². The first-order valence-electron chi connectivity index (χ1n) is 9.20. The van der Waals surface area contributed by atoms with Crippen molar-refractivity contribution in [3.8, 4) is 11.3 Å². The average Bonchev–Trinajstić information content (AvgIpc) is 3.02. The quantitative estimate of drug-likeness (QED) is 0.801. The molecule has 0 spiro atoms. The summed E-state index contributed by atoms with van der Waals surface area (Å²) in [6.07, 6.45) is 5.44. The number of benzene rings is 1. The van der Waals surface area contributed by atoms with Crippen molar-refractivity contribution in [1.29, 1.82) is 0 Å². The second kappa shape index (κ2) is 6.04. The Morgan fingerprint density at radius 2 is 1.96 bits per heavy atom. The number of ether oxygens (including phenoxy) is 1. The number of carbonyl (C=O) groups is 1. The van der Waals surface area contributed by atoms with E-state index in [1.54, 1.807) is 0 Å². The standard InChI is InChI=1S/C20H21ClN2O2S/c21-15-4-2-1-3-14(15)16-9-26-18(22-16)23-17(24)20-10-19(11-20,12-20)13-5-7-25-8-6-13/h1-4,9,13H,5-8,10-12H2,(H,22,23,24). The van der Waals surface area contributed by atoms with Crippen LogP contribution in [0.3, 0.4) is 0 Å². The van der Waals surface area contributed by atoms with Crippen LogP contribution in [0, 0.1) is 16.7 Å². The number of amides is 1. The van der Waals surface area contributed by atoms with Crippen LogP contribution in [-0.4, -0.2) is 24.1 Å². The van der Waals surface area contributed by atoms with Gasteiger partial charge in [-0.05, 0) is 49.5 Å². The van der Waals surface area contributed by atoms with Crippen molar-refractivity contribution in [2.75, 3.05) is 18.5 Å². The van der Waals surface area contributed by atoms with Gasteiger partial charge in [-0.1, -0.05) is 29.8 Å². The van der Waals surface area contributed by atoms with Crippen LogP contribution in [0.2, 0.25) is 5.02 Å². The second-order valence-corrected chi connectivity index (χ2v) is 9.30. The van der Waals surface area contributed by atoms with Crippen LogP contribution < -0.4 is 5.32 Å². The first-order chi connectivity index (χ1) is 12.6. The highest BCUT2D eigenvalue weighted by Crippen LogP contribution is 2.77. The lowest BCUT2D eigenvalue weighted by atomic mass is 9.31. The van der Waals surface area contributed by atoms with Gasteiger partial charge in [0.1, 0.15) is 0 Å². The van der Waals surface area contributed by atoms with E-state index in [1.165, 1.54) is 11.3 Å². The summed E-state index contributed by atoms with van der Waals surface area (Å²) < 4.78 is 5.48. The lowest BCUT2D eigenvalue weighted by Gasteiger charge is -2.72. The predicted octanol–water partition coefficient (Wildman–Crippen LogP) is 5.00. The van der Waals surface area contributed by atoms with Gasteiger partial charge in [0.25, 0.3) is 0 Å². The number of nitrogens with one attached hydrogen (secondary N) is 1. The summed E-state index contributed by atoms with van der Waals surface area (Å²) in [6.45, 7) is 1.77. The molecule has 2 heterocycles. The number of hydrogen-bond donors (Lipinski definition) is 1. The molecule has 1 amide bonds. The highest BCUT2D eigenvalue weighted by molar-refractivity contribution is 7.14. The molecule has 3 saturated carbocycles. The molecule has 0 radical (unpaired) electrons. The maximum absolute atomic E-state index is 12.8. The van der Waals surface area contributed by atoms with Gasteiger partial charge in [-0.25, -0.2) is 4.98 Å². The molecule has 136 valence electrons. The monoisotopic (exact) mass is 388 g/mol. The van der Waals surface area contributed by atoms with E-state index in [9.17, 15) is 4.79 Å². The lowest BCUT2D eigenvalue weighted by molar-refractivity contribution is -0.235. The van der Waals surface area contributed by atoms with Gasteiger partial charge in [-0.2, -0.15) is 0 Å². The summed E-state index contributed by atoms with van der Waals surface area (Å²) in [6, 6.07) is 7.64. The Balaban J connectivity index is 1.24. The van der Waals surface area contributed by atoms with E-state index >= 15 is 0 Å². The molecule has 1 N–H and O–H groups in total. The van der Waals surface area contributed by atoms with Crippen molar-refractivity contribution in [1.82, 2.24) is 4.98 Å². The fourth-order valence-corrected chi connectivity index (χ4v) is 6.14. The molecule has 4 nitrogen and oxygen atoms in total. The van der Waals surface area contributed by atoms with Crippen LogP contribution in [0.4, 0.5) is 5.13 Å². The van der Waals surface area contributed by atoms with Gasteiger partial charge in [-0.15, -0.1) is 11.3 Å². The Bertz CT molecular complexity index is 839. The number of halogens is 1. The molecule has 2 bridgehead atoms. The van der Waals surface area contributed by atoms with Crippen LogP contribution in [-0.2, 0) is 9.53 Å². The molecule has 0 atom stereocenters. The summed E-state index contributed by atoms with van der Waals surface area (Å²) in [5.41, 5.74) is 1.99. The molecule has 4 aliphatic rings. The largest absolute Gasteiger partial charge is 0.381 e. The molecule has 1 aromatic heterocycles.